The molecule has 0 spiro atoms. The average Bonchev–Trinajstić information content (AvgIpc) is 2.89. The average molecular weight is 287 g/mol. The maximum Gasteiger partial charge on any atom is 0.0625 e. The van der Waals surface area contributed by atoms with E-state index in [4.69, 9.17) is 5.11 Å². The van der Waals surface area contributed by atoms with Gasteiger partial charge in [0.2, 0.25) is 0 Å². The number of hydrogen-bond acceptors (Lipinski definition) is 1. The molecule has 0 aliphatic carbocycles. The van der Waals surface area contributed by atoms with Crippen molar-refractivity contribution in [1.82, 2.24) is 4.57 Å². The van der Waals surface area contributed by atoms with E-state index in [1.807, 2.05) is 28.8 Å². The van der Waals surface area contributed by atoms with Crippen LogP contribution in [-0.2, 0) is 0 Å². The van der Waals surface area contributed by atoms with Crippen LogP contribution in [0.1, 0.15) is 19.3 Å². The maximum absolute atomic E-state index is 8.72. The van der Waals surface area contributed by atoms with Gasteiger partial charge in [-0.05, 0) is 30.9 Å². The minimum Gasteiger partial charge on any atom is -0.396 e. The molecule has 0 aliphatic heterocycles. The molecule has 1 aromatic heterocycles. The van der Waals surface area contributed by atoms with Gasteiger partial charge in [0.25, 0.3) is 0 Å². The molecule has 2 nitrogen and oxygen atoms in total. The molecule has 1 heterocycles. The van der Waals surface area contributed by atoms with Crippen LogP contribution in [0.4, 0.5) is 0 Å². The highest BCUT2D eigenvalue weighted by molar-refractivity contribution is 6.08. The number of hydrogen-bond donors (Lipinski definition) is 1. The molecule has 0 atom stereocenters. The second-order valence-corrected chi connectivity index (χ2v) is 5.09. The molecule has 0 amide bonds. The lowest BCUT2D eigenvalue weighted by molar-refractivity contribution is 0.285. The molecule has 1 N–H and O–H groups in total. The summed E-state index contributed by atoms with van der Waals surface area (Å²) < 4.78 is 2.01. The van der Waals surface area contributed by atoms with E-state index < -0.39 is 0 Å². The van der Waals surface area contributed by atoms with Crippen molar-refractivity contribution in [3.63, 3.8) is 0 Å². The summed E-state index contributed by atoms with van der Waals surface area (Å²) in [4.78, 5) is 0. The topological polar surface area (TPSA) is 25.2 Å². The molecule has 0 saturated carbocycles. The number of nitrogens with zero attached hydrogens (tertiary/aromatic N) is 1. The predicted molar refractivity (Wildman–Crippen MR) is 91.3 cm³/mol. The lowest BCUT2D eigenvalue weighted by atomic mass is 10.2. The van der Waals surface area contributed by atoms with Crippen LogP contribution in [0.3, 0.4) is 0 Å². The first-order valence-corrected chi connectivity index (χ1v) is 7.50. The first-order valence-electron chi connectivity index (χ1n) is 7.50. The zero-order valence-corrected chi connectivity index (χ0v) is 12.3. The lowest BCUT2D eigenvalue weighted by Gasteiger charge is -1.94. The maximum atomic E-state index is 8.72. The molecule has 108 valence electrons. The van der Waals surface area contributed by atoms with Crippen LogP contribution < -0.4 is 0 Å². The minimum atomic E-state index is 0.231. The first kappa shape index (κ1) is 14.3. The van der Waals surface area contributed by atoms with E-state index in [1.165, 1.54) is 10.8 Å². The van der Waals surface area contributed by atoms with E-state index in [1.54, 1.807) is 0 Å². The minimum absolute atomic E-state index is 0.231. The second-order valence-electron chi connectivity index (χ2n) is 5.09. The third kappa shape index (κ3) is 2.84. The van der Waals surface area contributed by atoms with Crippen molar-refractivity contribution in [2.75, 3.05) is 6.61 Å². The molecule has 0 aliphatic rings. The Labute approximate surface area is 130 Å². The van der Waals surface area contributed by atoms with Gasteiger partial charge in [0.1, 0.15) is 0 Å². The molecular formula is C20H17NO. The molecule has 3 aromatic rings. The number of aliphatic hydroxyl groups is 1. The molecule has 0 unspecified atom stereocenters. The first-order chi connectivity index (χ1) is 10.9. The van der Waals surface area contributed by atoms with Gasteiger partial charge in [-0.25, -0.2) is 0 Å². The van der Waals surface area contributed by atoms with Crippen molar-refractivity contribution >= 4 is 21.8 Å². The zero-order chi connectivity index (χ0) is 15.2. The third-order valence-corrected chi connectivity index (χ3v) is 3.61. The van der Waals surface area contributed by atoms with Crippen LogP contribution >= 0.6 is 0 Å². The molecule has 0 bridgehead atoms. The van der Waals surface area contributed by atoms with Crippen LogP contribution in [0.5, 0.6) is 0 Å². The number of aromatic nitrogens is 1. The Bertz CT molecular complexity index is 859. The third-order valence-electron chi connectivity index (χ3n) is 3.61. The summed E-state index contributed by atoms with van der Waals surface area (Å²) in [5.41, 5.74) is 2.22. The number of unbranched alkanes of at least 4 members (excludes halogenated alkanes) is 2. The van der Waals surface area contributed by atoms with Crippen LogP contribution in [0, 0.1) is 23.8 Å². The van der Waals surface area contributed by atoms with Crippen molar-refractivity contribution in [3.05, 3.63) is 48.5 Å². The van der Waals surface area contributed by atoms with Gasteiger partial charge >= 0.3 is 0 Å². The van der Waals surface area contributed by atoms with E-state index in [0.717, 1.165) is 30.3 Å². The summed E-state index contributed by atoms with van der Waals surface area (Å²) in [5, 5.41) is 11.1. The van der Waals surface area contributed by atoms with Crippen molar-refractivity contribution in [2.24, 2.45) is 0 Å². The largest absolute Gasteiger partial charge is 0.396 e. The van der Waals surface area contributed by atoms with Gasteiger partial charge in [0, 0.05) is 35.8 Å². The van der Waals surface area contributed by atoms with Gasteiger partial charge in [0.05, 0.1) is 11.0 Å². The van der Waals surface area contributed by atoms with E-state index in [0.29, 0.717) is 0 Å². The smallest absolute Gasteiger partial charge is 0.0625 e. The highest BCUT2D eigenvalue weighted by Crippen LogP contribution is 2.27. The number of para-hydroxylation sites is 2. The molecular weight excluding hydrogens is 270 g/mol. The Morgan fingerprint density at radius 2 is 1.45 bits per heavy atom. The number of benzene rings is 2. The monoisotopic (exact) mass is 287 g/mol. The van der Waals surface area contributed by atoms with Gasteiger partial charge in [-0.3, -0.25) is 4.57 Å². The molecule has 0 radical (unpaired) electrons. The van der Waals surface area contributed by atoms with Gasteiger partial charge in [0.15, 0.2) is 0 Å². The summed E-state index contributed by atoms with van der Waals surface area (Å²) in [7, 11) is 0. The van der Waals surface area contributed by atoms with Gasteiger partial charge in [-0.2, -0.15) is 0 Å². The van der Waals surface area contributed by atoms with Gasteiger partial charge in [-0.15, -0.1) is 0 Å². The Kier molecular flexibility index (Phi) is 4.44. The van der Waals surface area contributed by atoms with Gasteiger partial charge < -0.3 is 5.11 Å². The molecule has 2 aromatic carbocycles. The lowest BCUT2D eigenvalue weighted by Crippen LogP contribution is -1.86. The molecule has 0 fully saturated rings. The van der Waals surface area contributed by atoms with Crippen LogP contribution in [0.15, 0.2) is 48.5 Å². The van der Waals surface area contributed by atoms with Crippen molar-refractivity contribution in [2.45, 2.75) is 19.3 Å². The normalized spacial score (nSPS) is 10.0. The summed E-state index contributed by atoms with van der Waals surface area (Å²) in [5.74, 6) is 8.87. The van der Waals surface area contributed by atoms with Crippen molar-refractivity contribution in [3.8, 4) is 23.8 Å². The quantitative estimate of drug-likeness (QED) is 0.576. The molecule has 3 rings (SSSR count). The summed E-state index contributed by atoms with van der Waals surface area (Å²) in [6, 6.07) is 19.7. The Hall–Kier alpha value is -2.68. The fourth-order valence-electron chi connectivity index (χ4n) is 2.56. The fraction of sp³-hybridized carbons (Fsp3) is 0.200. The van der Waals surface area contributed by atoms with E-state index >= 15 is 0 Å². The zero-order valence-electron chi connectivity index (χ0n) is 12.3. The number of fused-ring (bicyclic) bond motifs is 3. The molecule has 0 saturated heterocycles. The highest BCUT2D eigenvalue weighted by Gasteiger charge is 2.07. The van der Waals surface area contributed by atoms with E-state index in [9.17, 15) is 0 Å². The number of aliphatic hydroxyl groups excluding tert-OH is 1. The van der Waals surface area contributed by atoms with Crippen LogP contribution in [0.2, 0.25) is 0 Å². The SMILES string of the molecule is OCCCCC#CC#Cn1c2ccccc2c2ccccc21. The number of rotatable bonds is 3. The second kappa shape index (κ2) is 6.85. The molecule has 22 heavy (non-hydrogen) atoms. The summed E-state index contributed by atoms with van der Waals surface area (Å²) in [6.45, 7) is 0.231. The Morgan fingerprint density at radius 3 is 2.09 bits per heavy atom. The Balaban J connectivity index is 1.96. The standard InChI is InChI=1S/C20H17NO/c22-16-10-4-2-1-3-9-15-21-19-13-7-5-11-17(19)18-12-6-8-14-20(18)21/h5-8,11-14,22H,2,4,10,16H2. The summed E-state index contributed by atoms with van der Waals surface area (Å²) >= 11 is 0. The molecule has 2 heteroatoms. The fourth-order valence-corrected chi connectivity index (χ4v) is 2.56. The van der Waals surface area contributed by atoms with Crippen LogP contribution in [0.25, 0.3) is 21.8 Å². The van der Waals surface area contributed by atoms with Gasteiger partial charge in [-0.1, -0.05) is 42.3 Å². The van der Waals surface area contributed by atoms with Crippen molar-refractivity contribution in [1.29, 1.82) is 0 Å². The van der Waals surface area contributed by atoms with E-state index in [-0.39, 0.29) is 6.61 Å². The van der Waals surface area contributed by atoms with Crippen molar-refractivity contribution < 1.29 is 5.11 Å². The predicted octanol–water partition coefficient (Wildman–Crippen LogP) is 3.77. The van der Waals surface area contributed by atoms with E-state index in [2.05, 4.69) is 48.1 Å². The summed E-state index contributed by atoms with van der Waals surface area (Å²) in [6.07, 6.45) is 2.50. The highest BCUT2D eigenvalue weighted by atomic mass is 16.2. The van der Waals surface area contributed by atoms with Crippen LogP contribution in [-0.4, -0.2) is 16.3 Å². The Morgan fingerprint density at radius 1 is 0.818 bits per heavy atom.